The van der Waals surface area contributed by atoms with Crippen molar-refractivity contribution in [3.63, 3.8) is 0 Å². The van der Waals surface area contributed by atoms with Gasteiger partial charge in [-0.2, -0.15) is 8.42 Å². The van der Waals surface area contributed by atoms with Crippen molar-refractivity contribution in [3.05, 3.63) is 36.4 Å². The first-order chi connectivity index (χ1) is 15.0. The number of hydrogen-bond acceptors (Lipinski definition) is 7. The summed E-state index contributed by atoms with van der Waals surface area (Å²) in [5, 5.41) is 3.39. The largest absolute Gasteiger partial charge is 0.464 e. The summed E-state index contributed by atoms with van der Waals surface area (Å²) in [7, 11) is -3.15. The Hall–Kier alpha value is -2.89. The number of fused-ring (bicyclic) bond motifs is 1. The van der Waals surface area contributed by atoms with Crippen LogP contribution in [0.15, 0.2) is 41.3 Å². The monoisotopic (exact) mass is 485 g/mol. The summed E-state index contributed by atoms with van der Waals surface area (Å²) in [6.45, 7) is 2.91. The molecule has 0 aliphatic rings. The van der Waals surface area contributed by atoms with E-state index in [2.05, 4.69) is 5.32 Å². The average Bonchev–Trinajstić information content (AvgIpc) is 2.74. The van der Waals surface area contributed by atoms with Crippen molar-refractivity contribution in [2.45, 2.75) is 44.1 Å². The van der Waals surface area contributed by atoms with Gasteiger partial charge in [-0.05, 0) is 44.2 Å². The molecule has 2 aromatic rings. The highest BCUT2D eigenvalue weighted by Crippen LogP contribution is 2.30. The van der Waals surface area contributed by atoms with Gasteiger partial charge in [-0.3, -0.25) is 14.1 Å². The molecular weight excluding hydrogens is 457 g/mol. The van der Waals surface area contributed by atoms with Crippen LogP contribution in [0.5, 0.6) is 0 Å². The molecular formula is C22H28FNO8S. The molecule has 0 saturated carbocycles. The second kappa shape index (κ2) is 12.4. The first-order valence-electron chi connectivity index (χ1n) is 10.0. The number of ketones is 1. The van der Waals surface area contributed by atoms with E-state index in [4.69, 9.17) is 9.47 Å². The maximum Gasteiger partial charge on any atom is 0.334 e. The second-order valence-electron chi connectivity index (χ2n) is 7.40. The maximum absolute atomic E-state index is 13.0. The quantitative estimate of drug-likeness (QED) is 0.366. The Balaban J connectivity index is 0.00000544. The first-order valence-corrected chi connectivity index (χ1v) is 11.5. The smallest absolute Gasteiger partial charge is 0.334 e. The van der Waals surface area contributed by atoms with Crippen LogP contribution in [0.4, 0.5) is 10.4 Å². The number of benzene rings is 2. The molecule has 0 saturated heterocycles. The normalized spacial score (nSPS) is 13.0. The van der Waals surface area contributed by atoms with Gasteiger partial charge in [-0.25, -0.2) is 4.79 Å². The molecule has 0 spiro atoms. The number of amides is 1. The summed E-state index contributed by atoms with van der Waals surface area (Å²) < 4.78 is 43.3. The molecule has 11 heteroatoms. The molecule has 2 aromatic carbocycles. The van der Waals surface area contributed by atoms with Crippen LogP contribution in [0.1, 0.15) is 33.1 Å². The molecule has 0 fully saturated rings. The van der Waals surface area contributed by atoms with Gasteiger partial charge in [0.1, 0.15) is 10.7 Å². The summed E-state index contributed by atoms with van der Waals surface area (Å²) in [4.78, 5) is 35.9. The van der Waals surface area contributed by atoms with Crippen molar-refractivity contribution in [3.8, 4) is 0 Å². The zero-order valence-electron chi connectivity index (χ0n) is 18.6. The third-order valence-corrected chi connectivity index (χ3v) is 5.91. The Labute approximate surface area is 191 Å². The van der Waals surface area contributed by atoms with Gasteiger partial charge in [-0.15, -0.1) is 0 Å². The number of methoxy groups -OCH3 is 1. The van der Waals surface area contributed by atoms with Crippen LogP contribution in [0.25, 0.3) is 10.8 Å². The number of halogens is 1. The molecule has 0 aliphatic heterocycles. The number of hydrogen-bond donors (Lipinski definition) is 2. The Morgan fingerprint density at radius 1 is 1.09 bits per heavy atom. The average molecular weight is 486 g/mol. The van der Waals surface area contributed by atoms with Crippen LogP contribution < -0.4 is 5.32 Å². The van der Waals surface area contributed by atoms with Crippen molar-refractivity contribution >= 4 is 44.2 Å². The number of nitrogens with one attached hydrogen (secondary N) is 1. The lowest BCUT2D eigenvalue weighted by atomic mass is 9.97. The van der Waals surface area contributed by atoms with Gasteiger partial charge in [0.05, 0.1) is 6.61 Å². The molecule has 2 rings (SSSR count). The summed E-state index contributed by atoms with van der Waals surface area (Å²) in [5.41, 5.74) is 0.207. The highest BCUT2D eigenvalue weighted by Gasteiger charge is 2.23. The molecule has 0 heterocycles. The van der Waals surface area contributed by atoms with Crippen LogP contribution in [-0.4, -0.2) is 50.5 Å². The van der Waals surface area contributed by atoms with E-state index in [0.29, 0.717) is 5.39 Å². The molecule has 1 amide bonds. The SMILES string of the molecule is COC(C)C(=O)OCCC(CCC(C)=O)C(=O)Nc1cccc2cccc(S(=O)(=O)O)c12.F. The highest BCUT2D eigenvalue weighted by molar-refractivity contribution is 7.86. The molecule has 33 heavy (non-hydrogen) atoms. The van der Waals surface area contributed by atoms with Crippen molar-refractivity contribution in [2.75, 3.05) is 19.0 Å². The Bertz CT molecular complexity index is 1100. The van der Waals surface area contributed by atoms with Crippen molar-refractivity contribution in [2.24, 2.45) is 5.92 Å². The fourth-order valence-corrected chi connectivity index (χ4v) is 3.90. The number of rotatable bonds is 11. The topological polar surface area (TPSA) is 136 Å². The number of carbonyl (C=O) groups excluding carboxylic acids is 3. The molecule has 0 bridgehead atoms. The van der Waals surface area contributed by atoms with E-state index in [-0.39, 0.29) is 52.3 Å². The molecule has 9 nitrogen and oxygen atoms in total. The molecule has 182 valence electrons. The van der Waals surface area contributed by atoms with E-state index in [1.807, 2.05) is 0 Å². The molecule has 0 radical (unpaired) electrons. The van der Waals surface area contributed by atoms with E-state index in [1.54, 1.807) is 18.2 Å². The van der Waals surface area contributed by atoms with E-state index in [0.717, 1.165) is 0 Å². The minimum Gasteiger partial charge on any atom is -0.464 e. The molecule has 2 atom stereocenters. The Kier molecular flexibility index (Phi) is 10.6. The molecule has 2 N–H and O–H groups in total. The first kappa shape index (κ1) is 28.1. The minimum atomic E-state index is -4.53. The van der Waals surface area contributed by atoms with Crippen LogP contribution in [0.3, 0.4) is 0 Å². The molecule has 0 aromatic heterocycles. The summed E-state index contributed by atoms with van der Waals surface area (Å²) >= 11 is 0. The number of Topliss-reactive ketones (excluding diaryl/α,β-unsaturated/α-hetero) is 1. The van der Waals surface area contributed by atoms with Crippen LogP contribution in [0, 0.1) is 5.92 Å². The van der Waals surface area contributed by atoms with Gasteiger partial charge in [-0.1, -0.05) is 24.3 Å². The van der Waals surface area contributed by atoms with Crippen LogP contribution >= 0.6 is 0 Å². The summed E-state index contributed by atoms with van der Waals surface area (Å²) in [6, 6.07) is 9.22. The maximum atomic E-state index is 13.0. The van der Waals surface area contributed by atoms with E-state index in [1.165, 1.54) is 39.2 Å². The second-order valence-corrected chi connectivity index (χ2v) is 8.79. The van der Waals surface area contributed by atoms with Gasteiger partial charge in [0.2, 0.25) is 5.91 Å². The number of anilines is 1. The number of ether oxygens (including phenoxy) is 2. The molecule has 2 unspecified atom stereocenters. The summed E-state index contributed by atoms with van der Waals surface area (Å²) in [6.07, 6.45) is -0.188. The molecule has 0 aliphatic carbocycles. The predicted molar refractivity (Wildman–Crippen MR) is 120 cm³/mol. The zero-order chi connectivity index (χ0) is 23.9. The number of carbonyl (C=O) groups is 3. The van der Waals surface area contributed by atoms with Gasteiger partial charge >= 0.3 is 5.97 Å². The lowest BCUT2D eigenvalue weighted by Crippen LogP contribution is -2.27. The minimum absolute atomic E-state index is 0. The van der Waals surface area contributed by atoms with E-state index >= 15 is 0 Å². The van der Waals surface area contributed by atoms with Gasteiger partial charge in [0.15, 0.2) is 6.10 Å². The zero-order valence-corrected chi connectivity index (χ0v) is 19.4. The van der Waals surface area contributed by atoms with Crippen molar-refractivity contribution in [1.29, 1.82) is 0 Å². The van der Waals surface area contributed by atoms with E-state index < -0.39 is 34.0 Å². The van der Waals surface area contributed by atoms with Crippen LogP contribution in [-0.2, 0) is 34.0 Å². The van der Waals surface area contributed by atoms with Gasteiger partial charge < -0.3 is 19.6 Å². The third-order valence-electron chi connectivity index (χ3n) is 5.01. The van der Waals surface area contributed by atoms with Gasteiger partial charge in [0, 0.05) is 30.5 Å². The standard InChI is InChI=1S/C22H27NO8S.FH/c1-14(24)10-11-17(12-13-31-22(26)15(2)30-3)21(25)23-18-8-4-6-16-7-5-9-19(20(16)18)32(27,28)29;/h4-9,15,17H,10-13H2,1-3H3,(H,23,25)(H,27,28,29);1H. The fraction of sp³-hybridized carbons (Fsp3) is 0.409. The highest BCUT2D eigenvalue weighted by atomic mass is 32.2. The fourth-order valence-electron chi connectivity index (χ4n) is 3.16. The van der Waals surface area contributed by atoms with E-state index in [9.17, 15) is 27.4 Å². The number of esters is 1. The Morgan fingerprint density at radius 3 is 2.30 bits per heavy atom. The van der Waals surface area contributed by atoms with Gasteiger partial charge in [0.25, 0.3) is 10.1 Å². The lowest BCUT2D eigenvalue weighted by molar-refractivity contribution is -0.155. The third kappa shape index (κ3) is 7.88. The summed E-state index contributed by atoms with van der Waals surface area (Å²) in [5.74, 6) is -1.78. The Morgan fingerprint density at radius 2 is 1.73 bits per heavy atom. The predicted octanol–water partition coefficient (Wildman–Crippen LogP) is 3.13. The van der Waals surface area contributed by atoms with Crippen molar-refractivity contribution in [1.82, 2.24) is 0 Å². The van der Waals surface area contributed by atoms with Crippen LogP contribution in [0.2, 0.25) is 0 Å². The lowest BCUT2D eigenvalue weighted by Gasteiger charge is -2.18. The van der Waals surface area contributed by atoms with Crippen molar-refractivity contribution < 1.29 is 41.5 Å².